The summed E-state index contributed by atoms with van der Waals surface area (Å²) in [5.41, 5.74) is -0.144. The number of aromatic carboxylic acids is 1. The molecule has 1 aromatic heterocycles. The Bertz CT molecular complexity index is 512. The first-order valence-corrected chi connectivity index (χ1v) is 5.06. The van der Waals surface area contributed by atoms with Gasteiger partial charge in [0, 0.05) is 4.90 Å². The van der Waals surface area contributed by atoms with Crippen LogP contribution in [0.3, 0.4) is 0 Å². The van der Waals surface area contributed by atoms with Gasteiger partial charge in [-0.15, -0.1) is 5.10 Å². The minimum atomic E-state index is -1.15. The van der Waals surface area contributed by atoms with Gasteiger partial charge in [0.05, 0.1) is 0 Å². The van der Waals surface area contributed by atoms with Gasteiger partial charge in [-0.3, -0.25) is 5.10 Å². The predicted molar refractivity (Wildman–Crippen MR) is 53.9 cm³/mol. The van der Waals surface area contributed by atoms with Crippen molar-refractivity contribution in [1.82, 2.24) is 15.4 Å². The molecule has 82 valence electrons. The Labute approximate surface area is 93.7 Å². The van der Waals surface area contributed by atoms with Crippen molar-refractivity contribution in [2.45, 2.75) is 9.92 Å². The number of carboxylic acids is 1. The molecule has 2 N–H and O–H groups in total. The van der Waals surface area contributed by atoms with E-state index in [1.165, 1.54) is 12.1 Å². The third-order valence-electron chi connectivity index (χ3n) is 1.75. The Morgan fingerprint density at radius 3 is 2.69 bits per heavy atom. The van der Waals surface area contributed by atoms with E-state index in [0.29, 0.717) is 9.92 Å². The number of halogens is 1. The van der Waals surface area contributed by atoms with Crippen LogP contribution in [0.5, 0.6) is 0 Å². The van der Waals surface area contributed by atoms with Crippen molar-refractivity contribution < 1.29 is 14.3 Å². The first kappa shape index (κ1) is 10.6. The lowest BCUT2D eigenvalue weighted by atomic mass is 10.4. The van der Waals surface area contributed by atoms with Gasteiger partial charge in [-0.05, 0) is 24.3 Å². The molecule has 0 bridgehead atoms. The maximum atomic E-state index is 12.6. The molecule has 0 spiro atoms. The normalized spacial score (nSPS) is 10.3. The van der Waals surface area contributed by atoms with E-state index < -0.39 is 5.97 Å². The highest BCUT2D eigenvalue weighted by molar-refractivity contribution is 7.99. The number of hydrogen-bond acceptors (Lipinski definition) is 4. The molecule has 5 nitrogen and oxygen atoms in total. The number of hydrogen-bond donors (Lipinski definition) is 2. The van der Waals surface area contributed by atoms with E-state index in [2.05, 4.69) is 15.4 Å². The number of aromatic amines is 1. The van der Waals surface area contributed by atoms with Crippen LogP contribution in [0, 0.1) is 5.82 Å². The summed E-state index contributed by atoms with van der Waals surface area (Å²) in [6.45, 7) is 0. The van der Waals surface area contributed by atoms with Crippen LogP contribution in [0.4, 0.5) is 4.39 Å². The Morgan fingerprint density at radius 2 is 2.06 bits per heavy atom. The van der Waals surface area contributed by atoms with Gasteiger partial charge in [-0.25, -0.2) is 9.18 Å². The maximum absolute atomic E-state index is 12.6. The van der Waals surface area contributed by atoms with Crippen molar-refractivity contribution >= 4 is 17.7 Å². The van der Waals surface area contributed by atoms with E-state index in [0.717, 1.165) is 11.8 Å². The molecular formula is C9H6FN3O2S. The molecule has 1 aromatic carbocycles. The summed E-state index contributed by atoms with van der Waals surface area (Å²) in [6, 6.07) is 5.69. The highest BCUT2D eigenvalue weighted by Crippen LogP contribution is 2.27. The summed E-state index contributed by atoms with van der Waals surface area (Å²) in [5.74, 6) is -1.50. The topological polar surface area (TPSA) is 78.9 Å². The van der Waals surface area contributed by atoms with Gasteiger partial charge in [0.1, 0.15) is 10.8 Å². The third kappa shape index (κ3) is 2.19. The fourth-order valence-corrected chi connectivity index (χ4v) is 1.87. The number of carboxylic acid groups (broad SMARTS) is 1. The molecule has 0 atom stereocenters. The Kier molecular flexibility index (Phi) is 2.86. The van der Waals surface area contributed by atoms with Crippen LogP contribution in [0.2, 0.25) is 0 Å². The van der Waals surface area contributed by atoms with E-state index in [9.17, 15) is 9.18 Å². The molecule has 0 unspecified atom stereocenters. The quantitative estimate of drug-likeness (QED) is 0.853. The molecule has 16 heavy (non-hydrogen) atoms. The highest BCUT2D eigenvalue weighted by atomic mass is 32.2. The van der Waals surface area contributed by atoms with Crippen LogP contribution in [-0.2, 0) is 0 Å². The zero-order chi connectivity index (χ0) is 11.5. The molecule has 0 saturated heterocycles. The molecule has 0 saturated carbocycles. The molecule has 1 heterocycles. The molecule has 0 fully saturated rings. The molecular weight excluding hydrogens is 233 g/mol. The summed E-state index contributed by atoms with van der Waals surface area (Å²) in [5, 5.41) is 18.4. The predicted octanol–water partition coefficient (Wildman–Crippen LogP) is 1.79. The average molecular weight is 239 g/mol. The van der Waals surface area contributed by atoms with Crippen molar-refractivity contribution in [3.05, 3.63) is 35.8 Å². The number of nitrogens with zero attached hydrogens (tertiary/aromatic N) is 2. The Morgan fingerprint density at radius 1 is 1.38 bits per heavy atom. The summed E-state index contributed by atoms with van der Waals surface area (Å²) in [4.78, 5) is 11.4. The first-order chi connectivity index (χ1) is 7.66. The molecule has 7 heteroatoms. The zero-order valence-electron chi connectivity index (χ0n) is 7.85. The molecule has 0 radical (unpaired) electrons. The number of H-pyrrole nitrogens is 1. The summed E-state index contributed by atoms with van der Waals surface area (Å²) >= 11 is 1.13. The smallest absolute Gasteiger partial charge is 0.359 e. The van der Waals surface area contributed by atoms with Gasteiger partial charge in [0.2, 0.25) is 5.69 Å². The lowest BCUT2D eigenvalue weighted by Gasteiger charge is -1.98. The van der Waals surface area contributed by atoms with E-state index in [1.54, 1.807) is 12.1 Å². The van der Waals surface area contributed by atoms with Crippen LogP contribution >= 0.6 is 11.8 Å². The molecule has 0 aliphatic rings. The van der Waals surface area contributed by atoms with Gasteiger partial charge >= 0.3 is 5.97 Å². The van der Waals surface area contributed by atoms with Gasteiger partial charge in [-0.2, -0.15) is 0 Å². The molecule has 2 aromatic rings. The van der Waals surface area contributed by atoms with E-state index in [-0.39, 0.29) is 11.5 Å². The van der Waals surface area contributed by atoms with Gasteiger partial charge in [-0.1, -0.05) is 17.0 Å². The third-order valence-corrected chi connectivity index (χ3v) is 2.75. The van der Waals surface area contributed by atoms with Gasteiger partial charge in [0.25, 0.3) is 0 Å². The minimum Gasteiger partial charge on any atom is -0.476 e. The average Bonchev–Trinajstić information content (AvgIpc) is 2.69. The minimum absolute atomic E-state index is 0.144. The highest BCUT2D eigenvalue weighted by Gasteiger charge is 2.15. The molecule has 0 aliphatic heterocycles. The maximum Gasteiger partial charge on any atom is 0.359 e. The summed E-state index contributed by atoms with van der Waals surface area (Å²) in [7, 11) is 0. The second kappa shape index (κ2) is 4.31. The largest absolute Gasteiger partial charge is 0.476 e. The molecule has 0 amide bonds. The van der Waals surface area contributed by atoms with Crippen molar-refractivity contribution in [2.24, 2.45) is 0 Å². The monoisotopic (exact) mass is 239 g/mol. The van der Waals surface area contributed by atoms with E-state index in [1.807, 2.05) is 0 Å². The van der Waals surface area contributed by atoms with Crippen LogP contribution in [0.15, 0.2) is 34.2 Å². The zero-order valence-corrected chi connectivity index (χ0v) is 8.66. The van der Waals surface area contributed by atoms with Crippen LogP contribution < -0.4 is 0 Å². The lowest BCUT2D eigenvalue weighted by Crippen LogP contribution is -1.98. The van der Waals surface area contributed by atoms with Crippen molar-refractivity contribution in [3.63, 3.8) is 0 Å². The second-order valence-electron chi connectivity index (χ2n) is 2.85. The Hall–Kier alpha value is -1.89. The standard InChI is InChI=1S/C9H6FN3O2S/c10-5-1-3-6(4-2-5)16-8-7(9(14)15)11-13-12-8/h1-4H,(H,14,15)(H,11,12,13). The number of rotatable bonds is 3. The van der Waals surface area contributed by atoms with E-state index >= 15 is 0 Å². The van der Waals surface area contributed by atoms with Crippen molar-refractivity contribution in [3.8, 4) is 0 Å². The molecule has 2 rings (SSSR count). The molecule has 0 aliphatic carbocycles. The van der Waals surface area contributed by atoms with Gasteiger partial charge in [0.15, 0.2) is 0 Å². The first-order valence-electron chi connectivity index (χ1n) is 4.24. The van der Waals surface area contributed by atoms with Crippen molar-refractivity contribution in [1.29, 1.82) is 0 Å². The number of nitrogens with one attached hydrogen (secondary N) is 1. The fourth-order valence-electron chi connectivity index (χ4n) is 1.05. The van der Waals surface area contributed by atoms with Gasteiger partial charge < -0.3 is 5.11 Å². The number of aromatic nitrogens is 3. The number of carbonyl (C=O) groups is 1. The Balaban J connectivity index is 2.23. The van der Waals surface area contributed by atoms with Crippen LogP contribution in [0.1, 0.15) is 10.5 Å². The van der Waals surface area contributed by atoms with Crippen LogP contribution in [-0.4, -0.2) is 26.5 Å². The SMILES string of the molecule is O=C(O)c1nn[nH]c1Sc1ccc(F)cc1. The summed E-state index contributed by atoms with van der Waals surface area (Å²) < 4.78 is 12.6. The van der Waals surface area contributed by atoms with Crippen molar-refractivity contribution in [2.75, 3.05) is 0 Å². The fraction of sp³-hybridized carbons (Fsp3) is 0. The second-order valence-corrected chi connectivity index (χ2v) is 3.93. The summed E-state index contributed by atoms with van der Waals surface area (Å²) in [6.07, 6.45) is 0. The number of benzene rings is 1. The lowest BCUT2D eigenvalue weighted by molar-refractivity contribution is 0.0686. The van der Waals surface area contributed by atoms with Crippen LogP contribution in [0.25, 0.3) is 0 Å². The van der Waals surface area contributed by atoms with E-state index in [4.69, 9.17) is 5.11 Å².